The standard InChI is InChI=1S/C31H38N6O/c1-22-11-12-24-8-4-10-29(27(24)17-22)36-16-13-26-28(20-36)33-31(38-21-25-9-6-14-35(25)3)34-30(26)37-15-5-7-23(19-37)18-32-2/h4,8,10-12,17,23,25H,5-7,9,13-16,18-21H2,1,3H3/t23?,25-/m0/s1. The summed E-state index contributed by atoms with van der Waals surface area (Å²) < 4.78 is 6.30. The largest absolute Gasteiger partial charge is 0.462 e. The number of likely N-dealkylation sites (tertiary alicyclic amines) is 1. The van der Waals surface area contributed by atoms with E-state index in [2.05, 4.69) is 69.9 Å². The van der Waals surface area contributed by atoms with Crippen LogP contribution >= 0.6 is 0 Å². The number of fused-ring (bicyclic) bond motifs is 2. The molecule has 3 aliphatic rings. The number of anilines is 2. The Bertz CT molecular complexity index is 1350. The van der Waals surface area contributed by atoms with Crippen molar-refractivity contribution in [3.8, 4) is 6.01 Å². The third-order valence-corrected chi connectivity index (χ3v) is 8.62. The van der Waals surface area contributed by atoms with E-state index in [-0.39, 0.29) is 0 Å². The molecule has 3 aliphatic heterocycles. The SMILES string of the molecule is [C-]#[N+]CC1CCCN(c2nc(OC[C@@H]3CCCN3C)nc3c2CCN(c2cccc4ccc(C)cc24)C3)C1. The number of hydrogen-bond donors (Lipinski definition) is 0. The van der Waals surface area contributed by atoms with Crippen molar-refractivity contribution in [2.75, 3.05) is 56.2 Å². The molecule has 0 spiro atoms. The minimum absolute atomic E-state index is 0.405. The molecule has 2 fully saturated rings. The number of aromatic nitrogens is 2. The van der Waals surface area contributed by atoms with Crippen LogP contribution in [0.15, 0.2) is 36.4 Å². The lowest BCUT2D eigenvalue weighted by Gasteiger charge is -2.36. The predicted molar refractivity (Wildman–Crippen MR) is 153 cm³/mol. The first-order chi connectivity index (χ1) is 18.6. The number of hydrogen-bond acceptors (Lipinski definition) is 6. The Balaban J connectivity index is 1.33. The van der Waals surface area contributed by atoms with Gasteiger partial charge in [-0.15, -0.1) is 0 Å². The number of nitrogens with zero attached hydrogens (tertiary/aromatic N) is 6. The van der Waals surface area contributed by atoms with Crippen molar-refractivity contribution < 1.29 is 4.74 Å². The second-order valence-corrected chi connectivity index (χ2v) is 11.3. The number of benzene rings is 2. The van der Waals surface area contributed by atoms with E-state index in [1.165, 1.54) is 34.0 Å². The zero-order valence-corrected chi connectivity index (χ0v) is 22.7. The number of likely N-dealkylation sites (N-methyl/N-ethyl adjacent to an activating group) is 1. The molecule has 0 aliphatic carbocycles. The Morgan fingerprint density at radius 1 is 1.05 bits per heavy atom. The van der Waals surface area contributed by atoms with Gasteiger partial charge in [0.1, 0.15) is 12.4 Å². The molecule has 198 valence electrons. The smallest absolute Gasteiger partial charge is 0.318 e. The summed E-state index contributed by atoms with van der Waals surface area (Å²) in [6.07, 6.45) is 5.51. The Hall–Kier alpha value is -3.37. The van der Waals surface area contributed by atoms with Crippen LogP contribution in [-0.4, -0.2) is 67.3 Å². The summed E-state index contributed by atoms with van der Waals surface area (Å²) in [6.45, 7) is 15.4. The molecule has 7 heteroatoms. The van der Waals surface area contributed by atoms with E-state index in [0.29, 0.717) is 31.1 Å². The lowest BCUT2D eigenvalue weighted by molar-refractivity contribution is 0.187. The quantitative estimate of drug-likeness (QED) is 0.430. The zero-order valence-electron chi connectivity index (χ0n) is 22.7. The van der Waals surface area contributed by atoms with Crippen LogP contribution < -0.4 is 14.5 Å². The maximum Gasteiger partial charge on any atom is 0.318 e. The van der Waals surface area contributed by atoms with Gasteiger partial charge in [-0.25, -0.2) is 6.57 Å². The predicted octanol–water partition coefficient (Wildman–Crippen LogP) is 5.11. The number of ether oxygens (including phenoxy) is 1. The van der Waals surface area contributed by atoms with E-state index in [1.54, 1.807) is 0 Å². The van der Waals surface area contributed by atoms with Crippen LogP contribution in [-0.2, 0) is 13.0 Å². The molecule has 38 heavy (non-hydrogen) atoms. The van der Waals surface area contributed by atoms with Gasteiger partial charge in [0.05, 0.1) is 12.2 Å². The topological polar surface area (TPSA) is 49.1 Å². The highest BCUT2D eigenvalue weighted by molar-refractivity contribution is 5.94. The fraction of sp³-hybridized carbons (Fsp3) is 0.516. The van der Waals surface area contributed by atoms with Gasteiger partial charge in [-0.1, -0.05) is 29.8 Å². The molecule has 0 radical (unpaired) electrons. The van der Waals surface area contributed by atoms with E-state index in [1.807, 2.05) is 0 Å². The van der Waals surface area contributed by atoms with Gasteiger partial charge in [-0.05, 0) is 70.1 Å². The first kappa shape index (κ1) is 24.9. The van der Waals surface area contributed by atoms with Gasteiger partial charge in [0.15, 0.2) is 0 Å². The lowest BCUT2D eigenvalue weighted by Crippen LogP contribution is -2.39. The average molecular weight is 511 g/mol. The highest BCUT2D eigenvalue weighted by Gasteiger charge is 2.30. The van der Waals surface area contributed by atoms with Crippen LogP contribution in [0.5, 0.6) is 6.01 Å². The summed E-state index contributed by atoms with van der Waals surface area (Å²) in [5.41, 5.74) is 4.88. The molecule has 4 heterocycles. The summed E-state index contributed by atoms with van der Waals surface area (Å²) >= 11 is 0. The van der Waals surface area contributed by atoms with E-state index < -0.39 is 0 Å². The van der Waals surface area contributed by atoms with E-state index in [9.17, 15) is 0 Å². The fourth-order valence-electron chi connectivity index (χ4n) is 6.46. The van der Waals surface area contributed by atoms with Crippen LogP contribution in [0.2, 0.25) is 0 Å². The van der Waals surface area contributed by atoms with E-state index in [0.717, 1.165) is 69.9 Å². The van der Waals surface area contributed by atoms with Crippen molar-refractivity contribution in [1.29, 1.82) is 0 Å². The summed E-state index contributed by atoms with van der Waals surface area (Å²) in [5.74, 6) is 1.44. The molecule has 0 amide bonds. The highest BCUT2D eigenvalue weighted by atomic mass is 16.5. The van der Waals surface area contributed by atoms with Crippen molar-refractivity contribution in [3.05, 3.63) is 64.6 Å². The normalized spacial score (nSPS) is 21.9. The number of rotatable bonds is 6. The maximum atomic E-state index is 7.37. The van der Waals surface area contributed by atoms with Gasteiger partial charge in [0.2, 0.25) is 6.54 Å². The van der Waals surface area contributed by atoms with Crippen molar-refractivity contribution in [2.24, 2.45) is 5.92 Å². The zero-order chi connectivity index (χ0) is 26.1. The maximum absolute atomic E-state index is 7.37. The number of aryl methyl sites for hydroxylation is 1. The molecule has 2 atom stereocenters. The van der Waals surface area contributed by atoms with Crippen molar-refractivity contribution in [2.45, 2.75) is 51.6 Å². The minimum atomic E-state index is 0.405. The Labute approximate surface area is 226 Å². The molecule has 0 bridgehead atoms. The third kappa shape index (κ3) is 5.02. The molecule has 3 aromatic rings. The van der Waals surface area contributed by atoms with Crippen LogP contribution in [0.3, 0.4) is 0 Å². The van der Waals surface area contributed by atoms with E-state index >= 15 is 0 Å². The Kier molecular flexibility index (Phi) is 7.08. The van der Waals surface area contributed by atoms with Crippen LogP contribution in [0.4, 0.5) is 11.5 Å². The second-order valence-electron chi connectivity index (χ2n) is 11.3. The average Bonchev–Trinajstić information content (AvgIpc) is 3.35. The summed E-state index contributed by atoms with van der Waals surface area (Å²) in [6, 6.07) is 14.2. The molecule has 1 aromatic heterocycles. The monoisotopic (exact) mass is 510 g/mol. The molecule has 7 nitrogen and oxygen atoms in total. The van der Waals surface area contributed by atoms with Gasteiger partial charge in [-0.2, -0.15) is 9.97 Å². The van der Waals surface area contributed by atoms with Crippen LogP contribution in [0.25, 0.3) is 15.6 Å². The molecule has 2 aromatic carbocycles. The van der Waals surface area contributed by atoms with Gasteiger partial charge >= 0.3 is 6.01 Å². The molecule has 2 saturated heterocycles. The summed E-state index contributed by atoms with van der Waals surface area (Å²) in [7, 11) is 2.18. The first-order valence-electron chi connectivity index (χ1n) is 14.1. The van der Waals surface area contributed by atoms with Crippen LogP contribution in [0, 0.1) is 19.4 Å². The molecule has 0 N–H and O–H groups in total. The molecular formula is C31H38N6O. The Morgan fingerprint density at radius 3 is 2.79 bits per heavy atom. The van der Waals surface area contributed by atoms with Gasteiger partial charge < -0.3 is 24.3 Å². The van der Waals surface area contributed by atoms with Crippen molar-refractivity contribution >= 4 is 22.3 Å². The summed E-state index contributed by atoms with van der Waals surface area (Å²) in [5, 5.41) is 2.56. The van der Waals surface area contributed by atoms with E-state index in [4.69, 9.17) is 21.3 Å². The minimum Gasteiger partial charge on any atom is -0.462 e. The van der Waals surface area contributed by atoms with Gasteiger partial charge in [-0.3, -0.25) is 0 Å². The van der Waals surface area contributed by atoms with Gasteiger partial charge in [0.25, 0.3) is 0 Å². The Morgan fingerprint density at radius 2 is 1.95 bits per heavy atom. The molecular weight excluding hydrogens is 472 g/mol. The van der Waals surface area contributed by atoms with Crippen molar-refractivity contribution in [3.63, 3.8) is 0 Å². The fourth-order valence-corrected chi connectivity index (χ4v) is 6.46. The number of piperidine rings is 1. The molecule has 1 unspecified atom stereocenters. The third-order valence-electron chi connectivity index (χ3n) is 8.62. The first-order valence-corrected chi connectivity index (χ1v) is 14.1. The summed E-state index contributed by atoms with van der Waals surface area (Å²) in [4.78, 5) is 21.0. The van der Waals surface area contributed by atoms with Crippen molar-refractivity contribution in [1.82, 2.24) is 14.9 Å². The van der Waals surface area contributed by atoms with Gasteiger partial charge in [0, 0.05) is 48.2 Å². The molecule has 0 saturated carbocycles. The highest BCUT2D eigenvalue weighted by Crippen LogP contribution is 2.35. The molecule has 6 rings (SSSR count). The van der Waals surface area contributed by atoms with Crippen LogP contribution in [0.1, 0.15) is 42.5 Å². The lowest BCUT2D eigenvalue weighted by atomic mass is 9.96. The second kappa shape index (κ2) is 10.8.